The molecule has 0 amide bonds. The number of rotatable bonds is 6. The van der Waals surface area contributed by atoms with E-state index in [2.05, 4.69) is 0 Å². The van der Waals surface area contributed by atoms with Gasteiger partial charge in [0, 0.05) is 19.3 Å². The molecule has 5 N–H and O–H groups in total. The Kier molecular flexibility index (Phi) is 6.94. The minimum atomic E-state index is -1.70. The minimum Gasteiger partial charge on any atom is -0.465 e. The molecule has 38 heavy (non-hydrogen) atoms. The van der Waals surface area contributed by atoms with Crippen LogP contribution in [-0.2, 0) is 38.0 Å². The topological polar surface area (TPSA) is 194 Å². The fourth-order valence-electron chi connectivity index (χ4n) is 7.05. The number of hydrogen-bond acceptors (Lipinski definition) is 13. The number of aliphatic hydroxyl groups excluding tert-OH is 5. The third-order valence-corrected chi connectivity index (χ3v) is 9.30. The van der Waals surface area contributed by atoms with Crippen LogP contribution in [0.2, 0.25) is 0 Å². The second-order valence-corrected chi connectivity index (χ2v) is 11.3. The number of carbonyl (C=O) groups excluding carboxylic acids is 2. The lowest BCUT2D eigenvalue weighted by atomic mass is 9.51. The molecule has 13 nitrogen and oxygen atoms in total. The summed E-state index contributed by atoms with van der Waals surface area (Å²) in [4.78, 5) is 24.3. The molecular formula is C25H36O13. The van der Waals surface area contributed by atoms with Gasteiger partial charge in [-0.2, -0.15) is 0 Å². The van der Waals surface area contributed by atoms with E-state index in [4.69, 9.17) is 28.4 Å². The Morgan fingerprint density at radius 1 is 1.08 bits per heavy atom. The van der Waals surface area contributed by atoms with Gasteiger partial charge in [0.25, 0.3) is 0 Å². The van der Waals surface area contributed by atoms with Crippen LogP contribution in [0.15, 0.2) is 11.6 Å². The Bertz CT molecular complexity index is 994. The van der Waals surface area contributed by atoms with Crippen LogP contribution in [-0.4, -0.2) is 124 Å². The first-order valence-electron chi connectivity index (χ1n) is 12.8. The van der Waals surface area contributed by atoms with Crippen molar-refractivity contribution in [2.24, 2.45) is 10.8 Å². The molecule has 5 rings (SSSR count). The Morgan fingerprint density at radius 2 is 1.76 bits per heavy atom. The lowest BCUT2D eigenvalue weighted by Gasteiger charge is -2.58. The summed E-state index contributed by atoms with van der Waals surface area (Å²) in [5.41, 5.74) is -2.61. The molecule has 1 spiro atoms. The Hall–Kier alpha value is -1.68. The molecule has 13 atom stereocenters. The van der Waals surface area contributed by atoms with Crippen molar-refractivity contribution in [3.05, 3.63) is 11.6 Å². The van der Waals surface area contributed by atoms with Gasteiger partial charge < -0.3 is 54.0 Å². The van der Waals surface area contributed by atoms with E-state index in [0.29, 0.717) is 5.57 Å². The molecule has 2 aliphatic carbocycles. The van der Waals surface area contributed by atoms with Gasteiger partial charge in [-0.25, -0.2) is 0 Å². The van der Waals surface area contributed by atoms with E-state index < -0.39 is 96.2 Å². The summed E-state index contributed by atoms with van der Waals surface area (Å²) in [5.74, 6) is -1.17. The highest BCUT2D eigenvalue weighted by atomic mass is 16.7. The molecule has 4 fully saturated rings. The van der Waals surface area contributed by atoms with E-state index in [1.54, 1.807) is 13.0 Å². The maximum atomic E-state index is 12.4. The lowest BCUT2D eigenvalue weighted by Crippen LogP contribution is -2.67. The van der Waals surface area contributed by atoms with Crippen molar-refractivity contribution < 1.29 is 63.5 Å². The summed E-state index contributed by atoms with van der Waals surface area (Å²) in [6, 6.07) is 0. The predicted molar refractivity (Wildman–Crippen MR) is 123 cm³/mol. The van der Waals surface area contributed by atoms with Crippen molar-refractivity contribution in [1.29, 1.82) is 0 Å². The number of epoxide rings is 1. The summed E-state index contributed by atoms with van der Waals surface area (Å²) in [6.45, 7) is 5.49. The van der Waals surface area contributed by atoms with Gasteiger partial charge in [-0.15, -0.1) is 0 Å². The molecule has 0 unspecified atom stereocenters. The molecule has 0 aromatic carbocycles. The highest BCUT2D eigenvalue weighted by Gasteiger charge is 2.86. The minimum absolute atomic E-state index is 0.117. The molecule has 0 aromatic rings. The number of hydrogen-bond donors (Lipinski definition) is 5. The average molecular weight is 545 g/mol. The van der Waals surface area contributed by atoms with Gasteiger partial charge in [0.05, 0.1) is 30.8 Å². The monoisotopic (exact) mass is 544 g/mol. The molecule has 3 saturated heterocycles. The average Bonchev–Trinajstić information content (AvgIpc) is 3.64. The van der Waals surface area contributed by atoms with Gasteiger partial charge in [-0.1, -0.05) is 13.0 Å². The highest BCUT2D eigenvalue weighted by molar-refractivity contribution is 5.67. The Labute approximate surface area is 219 Å². The molecule has 13 heteroatoms. The van der Waals surface area contributed by atoms with Crippen LogP contribution in [0.5, 0.6) is 0 Å². The zero-order valence-corrected chi connectivity index (χ0v) is 21.7. The number of carbonyl (C=O) groups is 2. The van der Waals surface area contributed by atoms with Crippen LogP contribution in [0.4, 0.5) is 0 Å². The normalized spacial score (nSPS) is 51.2. The third-order valence-electron chi connectivity index (χ3n) is 9.30. The fraction of sp³-hybridized carbons (Fsp3) is 0.840. The molecular weight excluding hydrogens is 508 g/mol. The third kappa shape index (κ3) is 3.79. The first kappa shape index (κ1) is 27.9. The molecule has 5 aliphatic rings. The first-order valence-corrected chi connectivity index (χ1v) is 12.8. The predicted octanol–water partition coefficient (Wildman–Crippen LogP) is -2.08. The second-order valence-electron chi connectivity index (χ2n) is 11.3. The number of esters is 2. The fourth-order valence-corrected chi connectivity index (χ4v) is 7.05. The van der Waals surface area contributed by atoms with E-state index in [1.165, 1.54) is 13.8 Å². The zero-order chi connectivity index (χ0) is 27.8. The largest absolute Gasteiger partial charge is 0.465 e. The number of fused-ring (bicyclic) bond motifs is 2. The van der Waals surface area contributed by atoms with Gasteiger partial charge in [-0.3, -0.25) is 9.59 Å². The zero-order valence-electron chi connectivity index (χ0n) is 21.7. The Morgan fingerprint density at radius 3 is 2.34 bits per heavy atom. The molecule has 0 radical (unpaired) electrons. The van der Waals surface area contributed by atoms with Crippen LogP contribution in [0.1, 0.15) is 34.1 Å². The summed E-state index contributed by atoms with van der Waals surface area (Å²) >= 11 is 0. The van der Waals surface area contributed by atoms with E-state index >= 15 is 0 Å². The van der Waals surface area contributed by atoms with Crippen molar-refractivity contribution >= 4 is 11.9 Å². The van der Waals surface area contributed by atoms with Crippen LogP contribution < -0.4 is 0 Å². The van der Waals surface area contributed by atoms with Crippen molar-refractivity contribution in [2.75, 3.05) is 19.8 Å². The Balaban J connectivity index is 1.59. The highest BCUT2D eigenvalue weighted by Crippen LogP contribution is 2.72. The van der Waals surface area contributed by atoms with E-state index in [1.807, 2.05) is 6.92 Å². The second kappa shape index (κ2) is 9.46. The molecule has 3 aliphatic heterocycles. The van der Waals surface area contributed by atoms with E-state index in [0.717, 1.165) is 0 Å². The van der Waals surface area contributed by atoms with Crippen LogP contribution >= 0.6 is 0 Å². The maximum Gasteiger partial charge on any atom is 0.303 e. The van der Waals surface area contributed by atoms with Gasteiger partial charge in [0.1, 0.15) is 54.9 Å². The first-order chi connectivity index (χ1) is 17.8. The molecule has 2 bridgehead atoms. The van der Waals surface area contributed by atoms with Gasteiger partial charge >= 0.3 is 11.9 Å². The summed E-state index contributed by atoms with van der Waals surface area (Å²) < 4.78 is 35.8. The number of aliphatic hydroxyl groups is 5. The van der Waals surface area contributed by atoms with Crippen LogP contribution in [0.25, 0.3) is 0 Å². The SMILES string of the molecule is CC(=O)OC[C@]12C[C@H](O)C(C)=C[C@H]1O[C@@H]1[C@H](O[C@@H]3O[C@H](CO)[C@@H](O)[C@H](O)[C@H]3O)[C@@H](OC(C)=O)[C@@]2(C)[C@]12CO2. The van der Waals surface area contributed by atoms with Crippen molar-refractivity contribution in [1.82, 2.24) is 0 Å². The van der Waals surface area contributed by atoms with Gasteiger partial charge in [0.2, 0.25) is 0 Å². The van der Waals surface area contributed by atoms with Crippen molar-refractivity contribution in [3.8, 4) is 0 Å². The standard InChI is InChI=1S/C25H36O13/c1-10-5-15-24(6-13(10)29,8-33-11(2)27)23(4)20(35-12(3)28)19(21(37-15)25(23)9-34-25)38-22-18(32)17(31)16(30)14(7-26)36-22/h5,13-22,26,29-32H,6-9H2,1-4H3/t13-,14+,15+,16+,17-,18+,19+,20+,21+,22-,23+,24+,25-/m0/s1. The molecule has 0 aromatic heterocycles. The number of ether oxygens (including phenoxy) is 6. The van der Waals surface area contributed by atoms with Crippen molar-refractivity contribution in [3.63, 3.8) is 0 Å². The van der Waals surface area contributed by atoms with Crippen LogP contribution in [0.3, 0.4) is 0 Å². The summed E-state index contributed by atoms with van der Waals surface area (Å²) in [5, 5.41) is 51.7. The molecule has 1 saturated carbocycles. The lowest BCUT2D eigenvalue weighted by molar-refractivity contribution is -0.322. The summed E-state index contributed by atoms with van der Waals surface area (Å²) in [6.07, 6.45) is -10.4. The van der Waals surface area contributed by atoms with E-state index in [9.17, 15) is 35.1 Å². The van der Waals surface area contributed by atoms with Crippen LogP contribution in [0, 0.1) is 10.8 Å². The maximum absolute atomic E-state index is 12.4. The quantitative estimate of drug-likeness (QED) is 0.139. The van der Waals surface area contributed by atoms with Gasteiger partial charge in [0.15, 0.2) is 6.29 Å². The summed E-state index contributed by atoms with van der Waals surface area (Å²) in [7, 11) is 0. The van der Waals surface area contributed by atoms with E-state index in [-0.39, 0.29) is 19.6 Å². The smallest absolute Gasteiger partial charge is 0.303 e. The molecule has 3 heterocycles. The molecule has 214 valence electrons. The van der Waals surface area contributed by atoms with Gasteiger partial charge in [-0.05, 0) is 18.9 Å². The van der Waals surface area contributed by atoms with Crippen molar-refractivity contribution in [2.45, 2.75) is 101 Å².